The summed E-state index contributed by atoms with van der Waals surface area (Å²) >= 11 is 0. The number of hydrogen-bond acceptors (Lipinski definition) is 6. The van der Waals surface area contributed by atoms with Gasteiger partial charge >= 0.3 is 0 Å². The smallest absolute Gasteiger partial charge is 0.263 e. The SMILES string of the molecule is CC(=O)Nc1ccc(S(=O)(=O)Nc2ccc(N3CCOCC3)cn2)cc1. The number of benzene rings is 1. The predicted molar refractivity (Wildman–Crippen MR) is 98.8 cm³/mol. The van der Waals surface area contributed by atoms with E-state index in [-0.39, 0.29) is 16.6 Å². The minimum absolute atomic E-state index is 0.0886. The van der Waals surface area contributed by atoms with Gasteiger partial charge in [0.25, 0.3) is 10.0 Å². The zero-order valence-corrected chi connectivity index (χ0v) is 15.1. The maximum Gasteiger partial charge on any atom is 0.263 e. The van der Waals surface area contributed by atoms with Crippen molar-refractivity contribution < 1.29 is 17.9 Å². The molecule has 2 heterocycles. The van der Waals surface area contributed by atoms with Crippen molar-refractivity contribution in [3.8, 4) is 0 Å². The van der Waals surface area contributed by atoms with Gasteiger partial charge in [0.15, 0.2) is 0 Å². The summed E-state index contributed by atoms with van der Waals surface area (Å²) in [7, 11) is -3.76. The Morgan fingerprint density at radius 2 is 1.81 bits per heavy atom. The van der Waals surface area contributed by atoms with Crippen molar-refractivity contribution >= 4 is 33.1 Å². The molecule has 26 heavy (non-hydrogen) atoms. The van der Waals surface area contributed by atoms with Crippen molar-refractivity contribution in [1.29, 1.82) is 0 Å². The van der Waals surface area contributed by atoms with Gasteiger partial charge in [-0.15, -0.1) is 0 Å². The van der Waals surface area contributed by atoms with Gasteiger partial charge in [0.1, 0.15) is 5.82 Å². The number of hydrogen-bond donors (Lipinski definition) is 2. The van der Waals surface area contributed by atoms with Crippen LogP contribution in [0.4, 0.5) is 17.2 Å². The van der Waals surface area contributed by atoms with E-state index in [1.165, 1.54) is 31.2 Å². The molecule has 1 aliphatic rings. The third kappa shape index (κ3) is 4.50. The molecule has 1 saturated heterocycles. The molecule has 138 valence electrons. The van der Waals surface area contributed by atoms with Crippen LogP contribution in [0.15, 0.2) is 47.5 Å². The largest absolute Gasteiger partial charge is 0.378 e. The van der Waals surface area contributed by atoms with Crippen LogP contribution in [0.2, 0.25) is 0 Å². The van der Waals surface area contributed by atoms with Gasteiger partial charge in [-0.25, -0.2) is 13.4 Å². The molecular weight excluding hydrogens is 356 g/mol. The predicted octanol–water partition coefficient (Wildman–Crippen LogP) is 1.68. The summed E-state index contributed by atoms with van der Waals surface area (Å²) in [5.74, 6) is 0.0243. The summed E-state index contributed by atoms with van der Waals surface area (Å²) in [6, 6.07) is 9.38. The third-order valence-corrected chi connectivity index (χ3v) is 5.22. The number of nitrogens with one attached hydrogen (secondary N) is 2. The van der Waals surface area contributed by atoms with Gasteiger partial charge in [-0.1, -0.05) is 0 Å². The highest BCUT2D eigenvalue weighted by Gasteiger charge is 2.16. The fourth-order valence-corrected chi connectivity index (χ4v) is 3.58. The summed E-state index contributed by atoms with van der Waals surface area (Å²) in [5.41, 5.74) is 1.46. The zero-order chi connectivity index (χ0) is 18.6. The maximum absolute atomic E-state index is 12.5. The second kappa shape index (κ2) is 7.71. The Kier molecular flexibility index (Phi) is 5.38. The van der Waals surface area contributed by atoms with Gasteiger partial charge in [-0.3, -0.25) is 9.52 Å². The van der Waals surface area contributed by atoms with E-state index in [1.807, 2.05) is 6.07 Å². The number of anilines is 3. The van der Waals surface area contributed by atoms with Crippen molar-refractivity contribution in [2.45, 2.75) is 11.8 Å². The van der Waals surface area contributed by atoms with E-state index < -0.39 is 10.0 Å². The molecule has 0 aliphatic carbocycles. The van der Waals surface area contributed by atoms with Crippen LogP contribution in [0.1, 0.15) is 6.92 Å². The Bertz CT molecular complexity index is 861. The van der Waals surface area contributed by atoms with Crippen molar-refractivity contribution in [3.63, 3.8) is 0 Å². The van der Waals surface area contributed by atoms with Crippen LogP contribution in [-0.2, 0) is 19.6 Å². The molecule has 0 saturated carbocycles. The maximum atomic E-state index is 12.5. The first kappa shape index (κ1) is 18.2. The van der Waals surface area contributed by atoms with Crippen molar-refractivity contribution in [2.75, 3.05) is 41.2 Å². The molecular formula is C17H20N4O4S. The van der Waals surface area contributed by atoms with E-state index in [4.69, 9.17) is 4.74 Å². The Hall–Kier alpha value is -2.65. The van der Waals surface area contributed by atoms with Gasteiger partial charge in [0.05, 0.1) is 30.0 Å². The second-order valence-electron chi connectivity index (χ2n) is 5.81. The second-order valence-corrected chi connectivity index (χ2v) is 7.49. The first-order valence-corrected chi connectivity index (χ1v) is 9.61. The average Bonchev–Trinajstić information content (AvgIpc) is 2.63. The van der Waals surface area contributed by atoms with Crippen molar-refractivity contribution in [2.24, 2.45) is 0 Å². The highest BCUT2D eigenvalue weighted by Crippen LogP contribution is 2.20. The number of amides is 1. The molecule has 0 bridgehead atoms. The summed E-state index contributed by atoms with van der Waals surface area (Å²) < 4.78 is 32.7. The number of aromatic nitrogens is 1. The number of sulfonamides is 1. The van der Waals surface area contributed by atoms with Gasteiger partial charge in [0, 0.05) is 25.7 Å². The van der Waals surface area contributed by atoms with Crippen LogP contribution in [0, 0.1) is 0 Å². The molecule has 8 nitrogen and oxygen atoms in total. The van der Waals surface area contributed by atoms with Crippen molar-refractivity contribution in [1.82, 2.24) is 4.98 Å². The van der Waals surface area contributed by atoms with Gasteiger partial charge in [-0.2, -0.15) is 0 Å². The molecule has 2 aromatic rings. The van der Waals surface area contributed by atoms with Gasteiger partial charge < -0.3 is 15.0 Å². The standard InChI is InChI=1S/C17H20N4O4S/c1-13(22)19-14-2-5-16(6-3-14)26(23,24)20-17-7-4-15(12-18-17)21-8-10-25-11-9-21/h2-7,12H,8-11H2,1H3,(H,18,20)(H,19,22). The normalized spacial score (nSPS) is 14.7. The Morgan fingerprint density at radius 3 is 2.38 bits per heavy atom. The van der Waals surface area contributed by atoms with E-state index >= 15 is 0 Å². The van der Waals surface area contributed by atoms with Crippen molar-refractivity contribution in [3.05, 3.63) is 42.6 Å². The number of carbonyl (C=O) groups excluding carboxylic acids is 1. The highest BCUT2D eigenvalue weighted by molar-refractivity contribution is 7.92. The van der Waals surface area contributed by atoms with E-state index in [2.05, 4.69) is 19.9 Å². The first-order chi connectivity index (χ1) is 12.4. The topological polar surface area (TPSA) is 101 Å². The summed E-state index contributed by atoms with van der Waals surface area (Å²) in [4.78, 5) is 17.4. The van der Waals surface area contributed by atoms with Crippen LogP contribution >= 0.6 is 0 Å². The Morgan fingerprint density at radius 1 is 1.12 bits per heavy atom. The van der Waals surface area contributed by atoms with Crippen LogP contribution < -0.4 is 14.9 Å². The fraction of sp³-hybridized carbons (Fsp3) is 0.294. The minimum atomic E-state index is -3.76. The van der Waals surface area contributed by atoms with Crippen LogP contribution in [-0.4, -0.2) is 45.6 Å². The lowest BCUT2D eigenvalue weighted by Gasteiger charge is -2.28. The molecule has 2 N–H and O–H groups in total. The molecule has 1 fully saturated rings. The quantitative estimate of drug-likeness (QED) is 0.823. The molecule has 9 heteroatoms. The number of carbonyl (C=O) groups is 1. The van der Waals surface area contributed by atoms with Crippen LogP contribution in [0.25, 0.3) is 0 Å². The molecule has 3 rings (SSSR count). The molecule has 1 aromatic carbocycles. The number of morpholine rings is 1. The number of pyridine rings is 1. The summed E-state index contributed by atoms with van der Waals surface area (Å²) in [6.07, 6.45) is 1.64. The minimum Gasteiger partial charge on any atom is -0.378 e. The van der Waals surface area contributed by atoms with Crippen LogP contribution in [0.5, 0.6) is 0 Å². The Balaban J connectivity index is 1.69. The lowest BCUT2D eigenvalue weighted by atomic mass is 10.3. The number of ether oxygens (including phenoxy) is 1. The number of nitrogens with zero attached hydrogens (tertiary/aromatic N) is 2. The molecule has 0 unspecified atom stereocenters. The highest BCUT2D eigenvalue weighted by atomic mass is 32.2. The molecule has 1 aliphatic heterocycles. The summed E-state index contributed by atoms with van der Waals surface area (Å²) in [6.45, 7) is 4.30. The molecule has 0 atom stereocenters. The molecule has 1 amide bonds. The Labute approximate surface area is 152 Å². The summed E-state index contributed by atoms with van der Waals surface area (Å²) in [5, 5.41) is 2.59. The number of rotatable bonds is 5. The molecule has 0 spiro atoms. The van der Waals surface area contributed by atoms with Crippen LogP contribution in [0.3, 0.4) is 0 Å². The molecule has 1 aromatic heterocycles. The van der Waals surface area contributed by atoms with E-state index in [9.17, 15) is 13.2 Å². The monoisotopic (exact) mass is 376 g/mol. The van der Waals surface area contributed by atoms with E-state index in [0.29, 0.717) is 18.9 Å². The lowest BCUT2D eigenvalue weighted by molar-refractivity contribution is -0.114. The zero-order valence-electron chi connectivity index (χ0n) is 14.3. The van der Waals surface area contributed by atoms with Gasteiger partial charge in [0.2, 0.25) is 5.91 Å². The molecule has 0 radical (unpaired) electrons. The lowest BCUT2D eigenvalue weighted by Crippen LogP contribution is -2.36. The van der Waals surface area contributed by atoms with E-state index in [1.54, 1.807) is 12.3 Å². The fourth-order valence-electron chi connectivity index (χ4n) is 2.57. The first-order valence-electron chi connectivity index (χ1n) is 8.13. The average molecular weight is 376 g/mol. The third-order valence-electron chi connectivity index (χ3n) is 3.85. The van der Waals surface area contributed by atoms with E-state index in [0.717, 1.165) is 18.8 Å². The van der Waals surface area contributed by atoms with Gasteiger partial charge in [-0.05, 0) is 36.4 Å².